The third-order valence-corrected chi connectivity index (χ3v) is 6.64. The molecule has 0 N–H and O–H groups in total. The highest BCUT2D eigenvalue weighted by molar-refractivity contribution is 6.30. The molecule has 3 aliphatic heterocycles. The van der Waals surface area contributed by atoms with Gasteiger partial charge in [0.2, 0.25) is 0 Å². The van der Waals surface area contributed by atoms with E-state index >= 15 is 0 Å². The molecule has 4 nitrogen and oxygen atoms in total. The van der Waals surface area contributed by atoms with Crippen molar-refractivity contribution in [1.29, 1.82) is 0 Å². The lowest BCUT2D eigenvalue weighted by Crippen LogP contribution is -2.59. The van der Waals surface area contributed by atoms with Gasteiger partial charge in [0.05, 0.1) is 26.2 Å². The van der Waals surface area contributed by atoms with Gasteiger partial charge in [0, 0.05) is 55.5 Å². The smallest absolute Gasteiger partial charge is 0.323 e. The van der Waals surface area contributed by atoms with E-state index in [-0.39, 0.29) is 6.03 Å². The number of anilines is 1. The average molecular weight is 335 g/mol. The van der Waals surface area contributed by atoms with Gasteiger partial charge in [-0.2, -0.15) is 0 Å². The van der Waals surface area contributed by atoms with E-state index in [4.69, 9.17) is 11.6 Å². The fourth-order valence-electron chi connectivity index (χ4n) is 4.88. The summed E-state index contributed by atoms with van der Waals surface area (Å²) in [6.45, 7) is 1.60. The molecule has 3 heterocycles. The molecule has 0 aliphatic carbocycles. The van der Waals surface area contributed by atoms with Crippen molar-refractivity contribution in [2.24, 2.45) is 0 Å². The largest absolute Gasteiger partial charge is 0.324 e. The zero-order valence-electron chi connectivity index (χ0n) is 13.9. The normalized spacial score (nSPS) is 32.7. The second-order valence-electron chi connectivity index (χ2n) is 7.75. The van der Waals surface area contributed by atoms with Gasteiger partial charge in [0.15, 0.2) is 0 Å². The van der Waals surface area contributed by atoms with Crippen molar-refractivity contribution < 1.29 is 9.28 Å². The summed E-state index contributed by atoms with van der Waals surface area (Å²) in [4.78, 5) is 16.9. The first-order valence-electron chi connectivity index (χ1n) is 8.64. The number of amides is 2. The topological polar surface area (TPSA) is 23.6 Å². The Labute approximate surface area is 143 Å². The van der Waals surface area contributed by atoms with Gasteiger partial charge >= 0.3 is 6.03 Å². The van der Waals surface area contributed by atoms with Crippen LogP contribution < -0.4 is 4.90 Å². The quantitative estimate of drug-likeness (QED) is 0.761. The van der Waals surface area contributed by atoms with E-state index in [9.17, 15) is 4.79 Å². The van der Waals surface area contributed by atoms with Crippen molar-refractivity contribution in [2.75, 3.05) is 32.1 Å². The molecule has 0 saturated carbocycles. The summed E-state index contributed by atoms with van der Waals surface area (Å²) in [6.07, 6.45) is 4.93. The maximum Gasteiger partial charge on any atom is 0.324 e. The summed E-state index contributed by atoms with van der Waals surface area (Å²) in [5.74, 6) is 0. The first kappa shape index (κ1) is 15.3. The van der Waals surface area contributed by atoms with Gasteiger partial charge in [-0.3, -0.25) is 4.90 Å². The lowest BCUT2D eigenvalue weighted by molar-refractivity contribution is -0.931. The number of nitrogens with zero attached hydrogens (tertiary/aromatic N) is 3. The zero-order chi connectivity index (χ0) is 16.2. The molecule has 4 rings (SSSR count). The number of carbonyl (C=O) groups excluding carboxylic acids is 1. The van der Waals surface area contributed by atoms with Gasteiger partial charge in [0.25, 0.3) is 0 Å². The average Bonchev–Trinajstić information content (AvgIpc) is 2.90. The number of quaternary nitrogens is 1. The van der Waals surface area contributed by atoms with Crippen molar-refractivity contribution in [3.63, 3.8) is 0 Å². The van der Waals surface area contributed by atoms with Crippen LogP contribution in [0.1, 0.15) is 25.7 Å². The highest BCUT2D eigenvalue weighted by Crippen LogP contribution is 2.42. The predicted octanol–water partition coefficient (Wildman–Crippen LogP) is 3.35. The SMILES string of the molecule is C[N+]1(C)[C@@H]2CC[C@H]1CC(N1CCN(c3cccc(Cl)c3)C1=O)C2. The molecular formula is C18H25ClN3O+. The minimum absolute atomic E-state index is 0.156. The van der Waals surface area contributed by atoms with Gasteiger partial charge in [-0.15, -0.1) is 0 Å². The first-order valence-corrected chi connectivity index (χ1v) is 9.01. The van der Waals surface area contributed by atoms with Crippen molar-refractivity contribution in [3.8, 4) is 0 Å². The van der Waals surface area contributed by atoms with Crippen LogP contribution in [0.3, 0.4) is 0 Å². The van der Waals surface area contributed by atoms with Gasteiger partial charge in [0.1, 0.15) is 0 Å². The number of rotatable bonds is 2. The lowest BCUT2D eigenvalue weighted by Gasteiger charge is -2.46. The Morgan fingerprint density at radius 3 is 2.48 bits per heavy atom. The van der Waals surface area contributed by atoms with E-state index in [2.05, 4.69) is 19.0 Å². The summed E-state index contributed by atoms with van der Waals surface area (Å²) in [5.41, 5.74) is 0.917. The molecule has 1 aromatic rings. The molecule has 0 aromatic heterocycles. The molecule has 3 saturated heterocycles. The van der Waals surface area contributed by atoms with Crippen LogP contribution in [0.15, 0.2) is 24.3 Å². The van der Waals surface area contributed by atoms with Gasteiger partial charge in [-0.05, 0) is 18.2 Å². The van der Waals surface area contributed by atoms with E-state index in [1.165, 1.54) is 12.8 Å². The van der Waals surface area contributed by atoms with E-state index in [0.717, 1.165) is 36.1 Å². The summed E-state index contributed by atoms with van der Waals surface area (Å²) >= 11 is 6.08. The second kappa shape index (κ2) is 5.38. The highest BCUT2D eigenvalue weighted by atomic mass is 35.5. The van der Waals surface area contributed by atoms with E-state index in [1.807, 2.05) is 29.2 Å². The van der Waals surface area contributed by atoms with Crippen molar-refractivity contribution in [3.05, 3.63) is 29.3 Å². The van der Waals surface area contributed by atoms with Crippen molar-refractivity contribution in [2.45, 2.75) is 43.8 Å². The van der Waals surface area contributed by atoms with Gasteiger partial charge in [-0.25, -0.2) is 4.79 Å². The van der Waals surface area contributed by atoms with Crippen LogP contribution in [-0.4, -0.2) is 60.7 Å². The molecule has 2 amide bonds. The monoisotopic (exact) mass is 334 g/mol. The van der Waals surface area contributed by atoms with Crippen molar-refractivity contribution >= 4 is 23.3 Å². The second-order valence-corrected chi connectivity index (χ2v) is 8.18. The first-order chi connectivity index (χ1) is 11.0. The minimum Gasteiger partial charge on any atom is -0.323 e. The third kappa shape index (κ3) is 2.43. The Morgan fingerprint density at radius 1 is 1.13 bits per heavy atom. The number of hydrogen-bond acceptors (Lipinski definition) is 1. The van der Waals surface area contributed by atoms with Crippen LogP contribution in [0.2, 0.25) is 5.02 Å². The number of carbonyl (C=O) groups is 1. The van der Waals surface area contributed by atoms with Crippen LogP contribution in [0, 0.1) is 0 Å². The molecule has 0 spiro atoms. The molecule has 2 bridgehead atoms. The summed E-state index contributed by atoms with van der Waals surface area (Å²) in [7, 11) is 4.73. The van der Waals surface area contributed by atoms with Crippen LogP contribution in [0.5, 0.6) is 0 Å². The van der Waals surface area contributed by atoms with E-state index in [1.54, 1.807) is 0 Å². The predicted molar refractivity (Wildman–Crippen MR) is 92.8 cm³/mol. The Bertz CT molecular complexity index is 616. The van der Waals surface area contributed by atoms with Crippen LogP contribution in [0.25, 0.3) is 0 Å². The van der Waals surface area contributed by atoms with Crippen LogP contribution in [-0.2, 0) is 0 Å². The number of halogens is 1. The Morgan fingerprint density at radius 2 is 1.83 bits per heavy atom. The number of fused-ring (bicyclic) bond motifs is 2. The van der Waals surface area contributed by atoms with Gasteiger partial charge in [-0.1, -0.05) is 17.7 Å². The van der Waals surface area contributed by atoms with E-state index in [0.29, 0.717) is 23.1 Å². The highest BCUT2D eigenvalue weighted by Gasteiger charge is 2.51. The van der Waals surface area contributed by atoms with Gasteiger partial charge < -0.3 is 9.38 Å². The molecular weight excluding hydrogens is 310 g/mol. The number of hydrogen-bond donors (Lipinski definition) is 0. The summed E-state index contributed by atoms with van der Waals surface area (Å²) in [6, 6.07) is 9.61. The number of benzene rings is 1. The third-order valence-electron chi connectivity index (χ3n) is 6.41. The fourth-order valence-corrected chi connectivity index (χ4v) is 5.07. The molecule has 3 aliphatic rings. The standard InChI is InChI=1S/C18H25ClN3O/c1-22(2)16-6-7-17(22)12-15(11-16)21-9-8-20(18(21)23)14-5-3-4-13(19)10-14/h3-5,10,15-17H,6-9,11-12H2,1-2H3/q+1/t15?,16-,17+. The molecule has 23 heavy (non-hydrogen) atoms. The molecule has 3 atom stereocenters. The zero-order valence-corrected chi connectivity index (χ0v) is 14.7. The molecule has 0 radical (unpaired) electrons. The fraction of sp³-hybridized carbons (Fsp3) is 0.611. The molecule has 124 valence electrons. The molecule has 3 fully saturated rings. The number of piperidine rings is 1. The Balaban J connectivity index is 1.51. The maximum atomic E-state index is 12.9. The number of urea groups is 1. The van der Waals surface area contributed by atoms with Crippen LogP contribution >= 0.6 is 11.6 Å². The van der Waals surface area contributed by atoms with Crippen LogP contribution in [0.4, 0.5) is 10.5 Å². The Kier molecular flexibility index (Phi) is 3.58. The summed E-state index contributed by atoms with van der Waals surface area (Å²) in [5, 5.41) is 0.684. The maximum absolute atomic E-state index is 12.9. The molecule has 5 heteroatoms. The lowest BCUT2D eigenvalue weighted by atomic mass is 9.94. The minimum atomic E-state index is 0.156. The summed E-state index contributed by atoms with van der Waals surface area (Å²) < 4.78 is 1.15. The van der Waals surface area contributed by atoms with E-state index < -0.39 is 0 Å². The molecule has 1 unspecified atom stereocenters. The Hall–Kier alpha value is -1.26. The molecule has 1 aromatic carbocycles. The van der Waals surface area contributed by atoms with Crippen molar-refractivity contribution in [1.82, 2.24) is 4.90 Å².